The van der Waals surface area contributed by atoms with E-state index < -0.39 is 6.04 Å². The van der Waals surface area contributed by atoms with Crippen molar-refractivity contribution in [1.82, 2.24) is 0 Å². The van der Waals surface area contributed by atoms with Crippen LogP contribution in [0, 0.1) is 0 Å². The predicted molar refractivity (Wildman–Crippen MR) is 112 cm³/mol. The van der Waals surface area contributed by atoms with Crippen molar-refractivity contribution < 1.29 is 14.3 Å². The first-order valence-corrected chi connectivity index (χ1v) is 10.5. The molecule has 0 radical (unpaired) electrons. The molecule has 0 bridgehead atoms. The summed E-state index contributed by atoms with van der Waals surface area (Å²) in [4.78, 5) is 20.4. The van der Waals surface area contributed by atoms with Crippen LogP contribution in [-0.2, 0) is 14.3 Å². The van der Waals surface area contributed by atoms with Gasteiger partial charge in [0.2, 0.25) is 0 Å². The molecule has 5 nitrogen and oxygen atoms in total. The molecule has 2 aliphatic rings. The number of esters is 1. The number of carbonyl (C=O) groups is 1. The van der Waals surface area contributed by atoms with Crippen molar-refractivity contribution in [2.75, 3.05) is 25.2 Å². The zero-order valence-electron chi connectivity index (χ0n) is 15.1. The van der Waals surface area contributed by atoms with E-state index >= 15 is 0 Å². The second kappa shape index (κ2) is 11.1. The quantitative estimate of drug-likeness (QED) is 0.255. The number of unbranched alkanes of at least 4 members (excludes halogenated alkanes) is 1. The zero-order valence-corrected chi connectivity index (χ0v) is 16.8. The van der Waals surface area contributed by atoms with E-state index in [4.69, 9.17) is 9.47 Å². The lowest BCUT2D eigenvalue weighted by Gasteiger charge is -2.04. The molecule has 26 heavy (non-hydrogen) atoms. The monoisotopic (exact) mass is 392 g/mol. The fourth-order valence-electron chi connectivity index (χ4n) is 2.10. The van der Waals surface area contributed by atoms with Crippen molar-refractivity contribution in [1.29, 1.82) is 0 Å². The van der Waals surface area contributed by atoms with Gasteiger partial charge in [-0.2, -0.15) is 0 Å². The van der Waals surface area contributed by atoms with Crippen LogP contribution in [0.4, 0.5) is 0 Å². The highest BCUT2D eigenvalue weighted by molar-refractivity contribution is 8.15. The number of carbonyl (C=O) groups excluding carboxylic acids is 1. The van der Waals surface area contributed by atoms with E-state index in [0.29, 0.717) is 12.4 Å². The average molecular weight is 393 g/mol. The minimum absolute atomic E-state index is 0.287. The van der Waals surface area contributed by atoms with E-state index in [1.165, 1.54) is 7.11 Å². The van der Waals surface area contributed by atoms with Crippen LogP contribution < -0.4 is 0 Å². The average Bonchev–Trinajstić information content (AvgIpc) is 3.31. The SMILES string of the molecule is C=C/C(=C\C=C1/CSC(/C=C/C2=N[C@@H](C(=O)OC)CS2)=N1)OCCCC. The molecule has 2 heterocycles. The second-order valence-electron chi connectivity index (χ2n) is 5.52. The summed E-state index contributed by atoms with van der Waals surface area (Å²) >= 11 is 3.22. The Morgan fingerprint density at radius 1 is 1.35 bits per heavy atom. The molecule has 0 saturated heterocycles. The molecule has 0 N–H and O–H groups in total. The van der Waals surface area contributed by atoms with Crippen molar-refractivity contribution in [2.24, 2.45) is 9.98 Å². The summed E-state index contributed by atoms with van der Waals surface area (Å²) in [6.07, 6.45) is 11.6. The van der Waals surface area contributed by atoms with Crippen LogP contribution in [0.5, 0.6) is 0 Å². The maximum absolute atomic E-state index is 11.5. The summed E-state index contributed by atoms with van der Waals surface area (Å²) < 4.78 is 10.4. The van der Waals surface area contributed by atoms with E-state index in [2.05, 4.69) is 23.5 Å². The fraction of sp³-hybridized carbons (Fsp3) is 0.421. The second-order valence-corrected chi connectivity index (χ2v) is 7.56. The Hall–Kier alpha value is -1.73. The maximum atomic E-state index is 11.5. The van der Waals surface area contributed by atoms with E-state index in [-0.39, 0.29) is 5.97 Å². The standard InChI is InChI=1S/C19H24N2O3S2/c1-4-6-11-24-15(5-2)8-7-14-12-25-17(20-14)9-10-18-21-16(13-26-18)19(22)23-3/h5,7-10,16H,2,4,6,11-13H2,1,3H3/b10-9+,14-7+,15-8+/t16-/m1/s1. The Kier molecular flexibility index (Phi) is 8.77. The number of rotatable bonds is 9. The van der Waals surface area contributed by atoms with Crippen molar-refractivity contribution in [2.45, 2.75) is 25.8 Å². The number of hydrogen-bond acceptors (Lipinski definition) is 7. The lowest BCUT2D eigenvalue weighted by Crippen LogP contribution is -2.19. The fourth-order valence-corrected chi connectivity index (χ4v) is 3.80. The van der Waals surface area contributed by atoms with Crippen LogP contribution in [0.3, 0.4) is 0 Å². The van der Waals surface area contributed by atoms with Crippen LogP contribution in [0.15, 0.2) is 58.4 Å². The molecule has 0 unspecified atom stereocenters. The molecular formula is C19H24N2O3S2. The number of ether oxygens (including phenoxy) is 2. The van der Waals surface area contributed by atoms with Gasteiger partial charge in [-0.1, -0.05) is 19.9 Å². The molecule has 7 heteroatoms. The van der Waals surface area contributed by atoms with Gasteiger partial charge in [-0.25, -0.2) is 9.79 Å². The highest BCUT2D eigenvalue weighted by Crippen LogP contribution is 2.24. The van der Waals surface area contributed by atoms with E-state index in [1.54, 1.807) is 29.6 Å². The number of hydrogen-bond donors (Lipinski definition) is 0. The van der Waals surface area contributed by atoms with Gasteiger partial charge < -0.3 is 9.47 Å². The van der Waals surface area contributed by atoms with Crippen LogP contribution in [0.1, 0.15) is 19.8 Å². The third kappa shape index (κ3) is 6.53. The zero-order chi connectivity index (χ0) is 18.8. The van der Waals surface area contributed by atoms with E-state index in [9.17, 15) is 4.79 Å². The normalized spacial score (nSPS) is 21.8. The van der Waals surface area contributed by atoms with Crippen molar-refractivity contribution in [3.63, 3.8) is 0 Å². The first kappa shape index (κ1) is 20.6. The maximum Gasteiger partial charge on any atom is 0.331 e. The van der Waals surface area contributed by atoms with E-state index in [0.717, 1.165) is 40.1 Å². The summed E-state index contributed by atoms with van der Waals surface area (Å²) in [7, 11) is 1.38. The molecule has 0 aromatic carbocycles. The number of aliphatic imine (C=N–C) groups is 2. The summed E-state index contributed by atoms with van der Waals surface area (Å²) in [5.41, 5.74) is 0.988. The number of thioether (sulfide) groups is 2. The van der Waals surface area contributed by atoms with Gasteiger partial charge in [0.05, 0.1) is 29.5 Å². The summed E-state index contributed by atoms with van der Waals surface area (Å²) in [5, 5.41) is 1.76. The summed E-state index contributed by atoms with van der Waals surface area (Å²) in [6, 6.07) is -0.395. The van der Waals surface area contributed by atoms with Crippen molar-refractivity contribution >= 4 is 39.6 Å². The van der Waals surface area contributed by atoms with Gasteiger partial charge in [0.15, 0.2) is 6.04 Å². The number of allylic oxidation sites excluding steroid dienone is 3. The van der Waals surface area contributed by atoms with Gasteiger partial charge in [-0.05, 0) is 36.8 Å². The third-order valence-electron chi connectivity index (χ3n) is 3.54. The molecule has 0 aromatic heterocycles. The molecule has 2 aliphatic heterocycles. The molecule has 0 aliphatic carbocycles. The van der Waals surface area contributed by atoms with Crippen LogP contribution >= 0.6 is 23.5 Å². The minimum atomic E-state index is -0.395. The Morgan fingerprint density at radius 2 is 2.15 bits per heavy atom. The highest BCUT2D eigenvalue weighted by Gasteiger charge is 2.24. The predicted octanol–water partition coefficient (Wildman–Crippen LogP) is 4.15. The topological polar surface area (TPSA) is 60.2 Å². The molecule has 0 spiro atoms. The lowest BCUT2D eigenvalue weighted by atomic mass is 10.3. The minimum Gasteiger partial charge on any atom is -0.494 e. The van der Waals surface area contributed by atoms with Crippen LogP contribution in [-0.4, -0.2) is 47.3 Å². The number of methoxy groups -OCH3 is 1. The molecule has 140 valence electrons. The Labute approximate surface area is 163 Å². The molecule has 1 atom stereocenters. The summed E-state index contributed by atoms with van der Waals surface area (Å²) in [5.74, 6) is 1.93. The van der Waals surface area contributed by atoms with E-state index in [1.807, 2.05) is 24.3 Å². The van der Waals surface area contributed by atoms with Crippen LogP contribution in [0.25, 0.3) is 0 Å². The Bertz CT molecular complexity index is 678. The first-order valence-electron chi connectivity index (χ1n) is 8.50. The van der Waals surface area contributed by atoms with Crippen LogP contribution in [0.2, 0.25) is 0 Å². The van der Waals surface area contributed by atoms with Gasteiger partial charge in [-0.3, -0.25) is 4.99 Å². The molecule has 0 saturated carbocycles. The molecular weight excluding hydrogens is 368 g/mol. The summed E-state index contributed by atoms with van der Waals surface area (Å²) in [6.45, 7) is 6.61. The number of nitrogens with zero attached hydrogens (tertiary/aromatic N) is 2. The Morgan fingerprint density at radius 3 is 2.88 bits per heavy atom. The molecule has 2 rings (SSSR count). The van der Waals surface area contributed by atoms with Gasteiger partial charge in [-0.15, -0.1) is 23.5 Å². The Balaban J connectivity index is 1.92. The molecule has 0 aromatic rings. The molecule has 0 amide bonds. The molecule has 0 fully saturated rings. The third-order valence-corrected chi connectivity index (χ3v) is 5.53. The van der Waals surface area contributed by atoms with Gasteiger partial charge in [0.25, 0.3) is 0 Å². The van der Waals surface area contributed by atoms with Gasteiger partial charge >= 0.3 is 5.97 Å². The largest absolute Gasteiger partial charge is 0.494 e. The highest BCUT2D eigenvalue weighted by atomic mass is 32.2. The lowest BCUT2D eigenvalue weighted by molar-refractivity contribution is -0.141. The smallest absolute Gasteiger partial charge is 0.331 e. The first-order chi connectivity index (χ1) is 12.7. The van der Waals surface area contributed by atoms with Crippen molar-refractivity contribution in [3.05, 3.63) is 48.4 Å². The van der Waals surface area contributed by atoms with Gasteiger partial charge in [0, 0.05) is 11.5 Å². The van der Waals surface area contributed by atoms with Crippen molar-refractivity contribution in [3.8, 4) is 0 Å². The van der Waals surface area contributed by atoms with Gasteiger partial charge in [0.1, 0.15) is 5.76 Å².